The molecule has 0 bridgehead atoms. The summed E-state index contributed by atoms with van der Waals surface area (Å²) in [5.41, 5.74) is 4.13. The van der Waals surface area contributed by atoms with E-state index in [1.165, 1.54) is 0 Å². The first-order chi connectivity index (χ1) is 9.43. The molecule has 0 aliphatic rings. The predicted molar refractivity (Wildman–Crippen MR) is 81.3 cm³/mol. The molecule has 0 heterocycles. The maximum absolute atomic E-state index is 13.7. The molecule has 0 spiro atoms. The van der Waals surface area contributed by atoms with Crippen molar-refractivity contribution in [1.82, 2.24) is 0 Å². The molecule has 0 N–H and O–H groups in total. The number of alkyl halides is 1. The molecule has 0 saturated carbocycles. The van der Waals surface area contributed by atoms with Crippen molar-refractivity contribution in [2.75, 3.05) is 7.11 Å². The molecule has 0 aliphatic carbocycles. The van der Waals surface area contributed by atoms with E-state index in [1.807, 2.05) is 25.1 Å². The summed E-state index contributed by atoms with van der Waals surface area (Å²) in [4.78, 5) is 0. The summed E-state index contributed by atoms with van der Waals surface area (Å²) in [7, 11) is 1.64. The number of benzene rings is 2. The zero-order valence-corrected chi connectivity index (χ0v) is 12.9. The fourth-order valence-electron chi connectivity index (χ4n) is 2.31. The fourth-order valence-corrected chi connectivity index (χ4v) is 2.57. The summed E-state index contributed by atoms with van der Waals surface area (Å²) in [5.74, 6) is 0.641. The summed E-state index contributed by atoms with van der Waals surface area (Å²) in [6.45, 7) is 5.49. The lowest BCUT2D eigenvalue weighted by Crippen LogP contribution is -1.99. The minimum absolute atomic E-state index is 0.167. The largest absolute Gasteiger partial charge is 0.496 e. The molecule has 3 heteroatoms. The molecule has 20 heavy (non-hydrogen) atoms. The normalized spacial score (nSPS) is 12.3. The Labute approximate surface area is 124 Å². The molecule has 0 radical (unpaired) electrons. The van der Waals surface area contributed by atoms with Crippen molar-refractivity contribution < 1.29 is 9.13 Å². The Bertz CT molecular complexity index is 614. The number of methoxy groups -OCH3 is 1. The van der Waals surface area contributed by atoms with Crippen LogP contribution >= 0.6 is 11.6 Å². The third-order valence-corrected chi connectivity index (χ3v) is 3.98. The van der Waals surface area contributed by atoms with E-state index in [-0.39, 0.29) is 11.2 Å². The molecule has 1 atom stereocenters. The number of rotatable bonds is 3. The Morgan fingerprint density at radius 1 is 0.950 bits per heavy atom. The molecule has 2 aromatic carbocycles. The summed E-state index contributed by atoms with van der Waals surface area (Å²) in [6.07, 6.45) is 0. The van der Waals surface area contributed by atoms with Crippen LogP contribution in [-0.2, 0) is 0 Å². The number of aryl methyl sites for hydroxylation is 3. The molecular weight excluding hydrogens is 275 g/mol. The van der Waals surface area contributed by atoms with Crippen molar-refractivity contribution >= 4 is 11.6 Å². The second kappa shape index (κ2) is 5.84. The first-order valence-electron chi connectivity index (χ1n) is 6.49. The second-order valence-electron chi connectivity index (χ2n) is 5.06. The van der Waals surface area contributed by atoms with Gasteiger partial charge in [-0.1, -0.05) is 24.3 Å². The topological polar surface area (TPSA) is 9.23 Å². The van der Waals surface area contributed by atoms with E-state index in [1.54, 1.807) is 33.1 Å². The maximum atomic E-state index is 13.7. The number of halogens is 2. The van der Waals surface area contributed by atoms with Gasteiger partial charge in [0.05, 0.1) is 12.5 Å². The molecule has 0 amide bonds. The highest BCUT2D eigenvalue weighted by Crippen LogP contribution is 2.33. The molecule has 0 aromatic heterocycles. The van der Waals surface area contributed by atoms with Crippen molar-refractivity contribution in [3.05, 3.63) is 64.0 Å². The van der Waals surface area contributed by atoms with E-state index in [9.17, 15) is 4.39 Å². The van der Waals surface area contributed by atoms with Gasteiger partial charge >= 0.3 is 0 Å². The van der Waals surface area contributed by atoms with Crippen LogP contribution in [0.2, 0.25) is 0 Å². The van der Waals surface area contributed by atoms with E-state index >= 15 is 0 Å². The predicted octanol–water partition coefficient (Wildman–Crippen LogP) is 5.09. The van der Waals surface area contributed by atoms with Gasteiger partial charge in [0.2, 0.25) is 0 Å². The van der Waals surface area contributed by atoms with E-state index in [4.69, 9.17) is 16.3 Å². The summed E-state index contributed by atoms with van der Waals surface area (Å²) in [5, 5.41) is -0.317. The maximum Gasteiger partial charge on any atom is 0.129 e. The quantitative estimate of drug-likeness (QED) is 0.716. The van der Waals surface area contributed by atoms with Crippen LogP contribution in [0.15, 0.2) is 30.3 Å². The van der Waals surface area contributed by atoms with E-state index in [0.29, 0.717) is 11.1 Å². The van der Waals surface area contributed by atoms with Crippen LogP contribution in [0.1, 0.15) is 33.2 Å². The fraction of sp³-hybridized carbons (Fsp3) is 0.294. The molecule has 1 nitrogen and oxygen atoms in total. The Balaban J connectivity index is 2.43. The van der Waals surface area contributed by atoms with Crippen LogP contribution in [0.4, 0.5) is 4.39 Å². The van der Waals surface area contributed by atoms with Gasteiger partial charge in [0, 0.05) is 0 Å². The summed E-state index contributed by atoms with van der Waals surface area (Å²) >= 11 is 6.53. The van der Waals surface area contributed by atoms with Crippen LogP contribution in [0.5, 0.6) is 5.75 Å². The lowest BCUT2D eigenvalue weighted by molar-refractivity contribution is 0.411. The summed E-state index contributed by atoms with van der Waals surface area (Å²) < 4.78 is 19.0. The third kappa shape index (κ3) is 2.80. The zero-order chi connectivity index (χ0) is 14.9. The van der Waals surface area contributed by atoms with Crippen molar-refractivity contribution in [3.63, 3.8) is 0 Å². The minimum Gasteiger partial charge on any atom is -0.496 e. The van der Waals surface area contributed by atoms with Crippen LogP contribution in [0, 0.1) is 26.6 Å². The van der Waals surface area contributed by atoms with Crippen LogP contribution < -0.4 is 4.74 Å². The Morgan fingerprint density at radius 3 is 2.10 bits per heavy atom. The van der Waals surface area contributed by atoms with Gasteiger partial charge in [-0.2, -0.15) is 0 Å². The molecule has 0 saturated heterocycles. The van der Waals surface area contributed by atoms with E-state index < -0.39 is 0 Å². The first kappa shape index (κ1) is 14.9. The molecule has 0 aliphatic heterocycles. The Kier molecular flexibility index (Phi) is 4.34. The number of hydrogen-bond acceptors (Lipinski definition) is 1. The molecule has 2 rings (SSSR count). The third-order valence-electron chi connectivity index (χ3n) is 3.48. The van der Waals surface area contributed by atoms with Gasteiger partial charge in [0.25, 0.3) is 0 Å². The highest BCUT2D eigenvalue weighted by Gasteiger charge is 2.15. The van der Waals surface area contributed by atoms with Crippen molar-refractivity contribution in [3.8, 4) is 5.75 Å². The van der Waals surface area contributed by atoms with Gasteiger partial charge in [-0.3, -0.25) is 0 Å². The summed E-state index contributed by atoms with van der Waals surface area (Å²) in [6, 6.07) is 9.48. The lowest BCUT2D eigenvalue weighted by atomic mass is 9.99. The van der Waals surface area contributed by atoms with Gasteiger partial charge in [0.1, 0.15) is 11.6 Å². The second-order valence-corrected chi connectivity index (χ2v) is 5.50. The Morgan fingerprint density at radius 2 is 1.55 bits per heavy atom. The van der Waals surface area contributed by atoms with Gasteiger partial charge in [-0.25, -0.2) is 4.39 Å². The van der Waals surface area contributed by atoms with Crippen LogP contribution in [-0.4, -0.2) is 7.11 Å². The van der Waals surface area contributed by atoms with E-state index in [2.05, 4.69) is 0 Å². The monoisotopic (exact) mass is 292 g/mol. The van der Waals surface area contributed by atoms with Crippen molar-refractivity contribution in [2.24, 2.45) is 0 Å². The molecular formula is C17H18ClFO. The molecule has 1 unspecified atom stereocenters. The molecule has 0 fully saturated rings. The smallest absolute Gasteiger partial charge is 0.129 e. The van der Waals surface area contributed by atoms with E-state index in [0.717, 1.165) is 22.4 Å². The zero-order valence-electron chi connectivity index (χ0n) is 12.1. The minimum atomic E-state index is -0.317. The highest BCUT2D eigenvalue weighted by atomic mass is 35.5. The highest BCUT2D eigenvalue weighted by molar-refractivity contribution is 6.22. The number of hydrogen-bond donors (Lipinski definition) is 0. The van der Waals surface area contributed by atoms with Gasteiger partial charge in [-0.05, 0) is 54.7 Å². The SMILES string of the molecule is COc1cc(C(Cl)c2cc(C)c(F)c(C)c2)ccc1C. The van der Waals surface area contributed by atoms with Crippen LogP contribution in [0.3, 0.4) is 0 Å². The van der Waals surface area contributed by atoms with Crippen LogP contribution in [0.25, 0.3) is 0 Å². The average molecular weight is 293 g/mol. The molecule has 106 valence electrons. The van der Waals surface area contributed by atoms with Gasteiger partial charge in [-0.15, -0.1) is 11.6 Å². The average Bonchev–Trinajstić information content (AvgIpc) is 2.44. The van der Waals surface area contributed by atoms with Crippen molar-refractivity contribution in [2.45, 2.75) is 26.1 Å². The Hall–Kier alpha value is -1.54. The molecule has 2 aromatic rings. The first-order valence-corrected chi connectivity index (χ1v) is 6.93. The van der Waals surface area contributed by atoms with Gasteiger partial charge < -0.3 is 4.74 Å². The van der Waals surface area contributed by atoms with Gasteiger partial charge in [0.15, 0.2) is 0 Å². The number of ether oxygens (including phenoxy) is 1. The van der Waals surface area contributed by atoms with Crippen molar-refractivity contribution in [1.29, 1.82) is 0 Å². The standard InChI is InChI=1S/C17H18ClFO/c1-10-5-6-13(9-15(10)20-4)16(18)14-7-11(2)17(19)12(3)8-14/h5-9,16H,1-4H3. The lowest BCUT2D eigenvalue weighted by Gasteiger charge is -2.15.